The Kier molecular flexibility index (Phi) is 31.2. The van der Waals surface area contributed by atoms with Gasteiger partial charge in [0.15, 0.2) is 18.7 Å². The van der Waals surface area contributed by atoms with Crippen LogP contribution < -0.4 is 0 Å². The lowest BCUT2D eigenvalue weighted by atomic mass is 9.98. The molecule has 2 heterocycles. The summed E-state index contributed by atoms with van der Waals surface area (Å²) in [5, 5.41) is 71.9. The van der Waals surface area contributed by atoms with Gasteiger partial charge < -0.3 is 64.2 Å². The van der Waals surface area contributed by atoms with E-state index in [1.165, 1.54) is 0 Å². The lowest BCUT2D eigenvalue weighted by Crippen LogP contribution is -2.61. The fourth-order valence-corrected chi connectivity index (χ4v) is 6.88. The second-order valence-corrected chi connectivity index (χ2v) is 16.2. The quantitative estimate of drug-likeness (QED) is 0.0252. The van der Waals surface area contributed by atoms with Gasteiger partial charge in [0.25, 0.3) is 0 Å². The van der Waals surface area contributed by atoms with Gasteiger partial charge in [-0.1, -0.05) is 114 Å². The van der Waals surface area contributed by atoms with Crippen LogP contribution in [0.5, 0.6) is 0 Å². The molecule has 0 radical (unpaired) electrons. The fourth-order valence-electron chi connectivity index (χ4n) is 6.88. The number of unbranched alkanes of at least 4 members (excludes halogenated alkanes) is 12. The molecular formula is C47H80O15. The van der Waals surface area contributed by atoms with Crippen LogP contribution in [0.2, 0.25) is 0 Å². The van der Waals surface area contributed by atoms with Gasteiger partial charge >= 0.3 is 11.9 Å². The summed E-state index contributed by atoms with van der Waals surface area (Å²) in [4.78, 5) is 25.6. The highest BCUT2D eigenvalue weighted by molar-refractivity contribution is 5.70. The monoisotopic (exact) mass is 885 g/mol. The Morgan fingerprint density at radius 2 is 0.968 bits per heavy atom. The second kappa shape index (κ2) is 34.8. The van der Waals surface area contributed by atoms with E-state index in [0.717, 1.165) is 103 Å². The Hall–Kier alpha value is -2.54. The number of rotatable bonds is 34. The van der Waals surface area contributed by atoms with Crippen molar-refractivity contribution in [3.63, 3.8) is 0 Å². The molecule has 2 aliphatic heterocycles. The van der Waals surface area contributed by atoms with Crippen LogP contribution in [0.3, 0.4) is 0 Å². The molecule has 0 aromatic carbocycles. The first kappa shape index (κ1) is 55.6. The molecular weight excluding hydrogens is 805 g/mol. The Morgan fingerprint density at radius 1 is 0.516 bits per heavy atom. The van der Waals surface area contributed by atoms with Gasteiger partial charge in [-0.15, -0.1) is 0 Å². The van der Waals surface area contributed by atoms with Crippen LogP contribution in [0.25, 0.3) is 0 Å². The number of ether oxygens (including phenoxy) is 6. The van der Waals surface area contributed by atoms with E-state index in [4.69, 9.17) is 28.4 Å². The predicted octanol–water partition coefficient (Wildman–Crippen LogP) is 5.15. The molecule has 7 N–H and O–H groups in total. The smallest absolute Gasteiger partial charge is 0.306 e. The third-order valence-corrected chi connectivity index (χ3v) is 10.7. The van der Waals surface area contributed by atoms with Crippen molar-refractivity contribution in [2.75, 3.05) is 26.4 Å². The van der Waals surface area contributed by atoms with Gasteiger partial charge in [0, 0.05) is 12.8 Å². The van der Waals surface area contributed by atoms with Crippen molar-refractivity contribution >= 4 is 11.9 Å². The molecule has 0 spiro atoms. The third-order valence-electron chi connectivity index (χ3n) is 10.7. The van der Waals surface area contributed by atoms with Crippen LogP contribution in [0.15, 0.2) is 48.6 Å². The molecule has 2 saturated heterocycles. The first-order chi connectivity index (χ1) is 30.0. The Labute approximate surface area is 369 Å². The molecule has 15 heteroatoms. The van der Waals surface area contributed by atoms with Gasteiger partial charge in [0.2, 0.25) is 0 Å². The van der Waals surface area contributed by atoms with E-state index in [1.807, 2.05) is 0 Å². The zero-order valence-electron chi connectivity index (χ0n) is 37.3. The summed E-state index contributed by atoms with van der Waals surface area (Å²) in [6.07, 6.45) is 18.7. The number of carbonyl (C=O) groups excluding carboxylic acids is 2. The zero-order valence-corrected chi connectivity index (χ0v) is 37.3. The third kappa shape index (κ3) is 23.4. The highest BCUT2D eigenvalue weighted by Gasteiger charge is 2.47. The van der Waals surface area contributed by atoms with Crippen LogP contribution in [-0.2, 0) is 38.0 Å². The van der Waals surface area contributed by atoms with Crippen molar-refractivity contribution in [2.24, 2.45) is 0 Å². The highest BCUT2D eigenvalue weighted by atomic mass is 16.7. The molecule has 2 aliphatic rings. The summed E-state index contributed by atoms with van der Waals surface area (Å²) in [6, 6.07) is 0. The maximum Gasteiger partial charge on any atom is 0.306 e. The number of carbonyl (C=O) groups is 2. The number of allylic oxidation sites excluding steroid dienone is 8. The second-order valence-electron chi connectivity index (χ2n) is 16.2. The number of hydrogen-bond acceptors (Lipinski definition) is 15. The van der Waals surface area contributed by atoms with E-state index in [-0.39, 0.29) is 19.4 Å². The molecule has 0 amide bonds. The standard InChI is InChI=1S/C47H80O15/c1-3-5-7-9-11-13-15-17-19-21-23-25-27-29-38(49)57-32-35(60-39(50)30-28-26-24-22-20-18-16-14-12-10-8-6-4-2)33-58-46-45(56)43(54)41(52)37(62-46)34-59-47-44(55)42(53)40(51)36(31-48)61-47/h7-10,13-16,35-37,40-48,51-56H,3-6,11-12,17-34H2,1-2H3/b9-7-,10-8-,15-13-,16-14-. The molecule has 2 rings (SSSR count). The van der Waals surface area contributed by atoms with Gasteiger partial charge in [0.1, 0.15) is 55.4 Å². The molecule has 15 nitrogen and oxygen atoms in total. The van der Waals surface area contributed by atoms with Crippen LogP contribution in [0.1, 0.15) is 142 Å². The maximum absolute atomic E-state index is 12.9. The van der Waals surface area contributed by atoms with Gasteiger partial charge in [-0.05, 0) is 64.2 Å². The van der Waals surface area contributed by atoms with Gasteiger partial charge in [-0.25, -0.2) is 0 Å². The van der Waals surface area contributed by atoms with E-state index < -0.39 is 99.3 Å². The minimum absolute atomic E-state index is 0.144. The summed E-state index contributed by atoms with van der Waals surface area (Å²) < 4.78 is 33.4. The molecule has 11 atom stereocenters. The van der Waals surface area contributed by atoms with E-state index in [0.29, 0.717) is 12.8 Å². The minimum Gasteiger partial charge on any atom is -0.462 e. The van der Waals surface area contributed by atoms with E-state index in [9.17, 15) is 45.3 Å². The summed E-state index contributed by atoms with van der Waals surface area (Å²) >= 11 is 0. The Morgan fingerprint density at radius 3 is 1.50 bits per heavy atom. The topological polar surface area (TPSA) is 231 Å². The summed E-state index contributed by atoms with van der Waals surface area (Å²) in [6.45, 7) is 2.40. The van der Waals surface area contributed by atoms with Crippen LogP contribution in [-0.4, -0.2) is 142 Å². The maximum atomic E-state index is 12.9. The number of aliphatic hydroxyl groups is 7. The van der Waals surface area contributed by atoms with Crippen LogP contribution in [0.4, 0.5) is 0 Å². The molecule has 0 aromatic rings. The molecule has 0 aliphatic carbocycles. The van der Waals surface area contributed by atoms with Gasteiger partial charge in [-0.2, -0.15) is 0 Å². The molecule has 11 unspecified atom stereocenters. The van der Waals surface area contributed by atoms with Crippen molar-refractivity contribution in [3.05, 3.63) is 48.6 Å². The molecule has 0 saturated carbocycles. The summed E-state index contributed by atoms with van der Waals surface area (Å²) in [5.74, 6) is -0.964. The molecule has 2 fully saturated rings. The predicted molar refractivity (Wildman–Crippen MR) is 233 cm³/mol. The van der Waals surface area contributed by atoms with Crippen molar-refractivity contribution in [3.8, 4) is 0 Å². The first-order valence-corrected chi connectivity index (χ1v) is 23.2. The minimum atomic E-state index is -1.77. The SMILES string of the molecule is CCC/C=C\C/C=C\CCCCCCCC(=O)OCC(COC1OC(COC2OC(CO)C(O)C(O)C2O)C(O)C(O)C1O)OC(=O)CCCCCCC/C=C\C/C=C\CCC. The Balaban J connectivity index is 1.87. The normalized spacial score (nSPS) is 27.5. The molecule has 358 valence electrons. The average molecular weight is 885 g/mol. The van der Waals surface area contributed by atoms with E-state index in [2.05, 4.69) is 62.5 Å². The average Bonchev–Trinajstić information content (AvgIpc) is 3.26. The lowest BCUT2D eigenvalue weighted by molar-refractivity contribution is -0.332. The highest BCUT2D eigenvalue weighted by Crippen LogP contribution is 2.26. The molecule has 0 aromatic heterocycles. The summed E-state index contributed by atoms with van der Waals surface area (Å²) in [5.41, 5.74) is 0. The number of hydrogen-bond donors (Lipinski definition) is 7. The van der Waals surface area contributed by atoms with Crippen LogP contribution >= 0.6 is 0 Å². The van der Waals surface area contributed by atoms with E-state index >= 15 is 0 Å². The van der Waals surface area contributed by atoms with Gasteiger partial charge in [0.05, 0.1) is 19.8 Å². The summed E-state index contributed by atoms with van der Waals surface area (Å²) in [7, 11) is 0. The zero-order chi connectivity index (χ0) is 45.4. The van der Waals surface area contributed by atoms with Crippen molar-refractivity contribution in [1.29, 1.82) is 0 Å². The van der Waals surface area contributed by atoms with E-state index in [1.54, 1.807) is 0 Å². The fraction of sp³-hybridized carbons (Fsp3) is 0.787. The van der Waals surface area contributed by atoms with Crippen molar-refractivity contribution < 1.29 is 73.8 Å². The Bertz CT molecular complexity index is 1270. The molecule has 62 heavy (non-hydrogen) atoms. The van der Waals surface area contributed by atoms with Gasteiger partial charge in [-0.3, -0.25) is 9.59 Å². The van der Waals surface area contributed by atoms with Crippen LogP contribution in [0, 0.1) is 0 Å². The largest absolute Gasteiger partial charge is 0.462 e. The number of esters is 2. The molecule has 0 bridgehead atoms. The lowest BCUT2D eigenvalue weighted by Gasteiger charge is -2.42. The van der Waals surface area contributed by atoms with Crippen molar-refractivity contribution in [2.45, 2.75) is 210 Å². The van der Waals surface area contributed by atoms with Crippen molar-refractivity contribution in [1.82, 2.24) is 0 Å². The number of aliphatic hydroxyl groups excluding tert-OH is 7. The first-order valence-electron chi connectivity index (χ1n) is 23.2.